The van der Waals surface area contributed by atoms with E-state index in [0.717, 1.165) is 5.56 Å². The summed E-state index contributed by atoms with van der Waals surface area (Å²) in [5, 5.41) is 15.7. The van der Waals surface area contributed by atoms with Gasteiger partial charge in [-0.3, -0.25) is 0 Å². The Morgan fingerprint density at radius 2 is 1.86 bits per heavy atom. The molecule has 0 bridgehead atoms. The van der Waals surface area contributed by atoms with E-state index in [1.807, 2.05) is 39.0 Å². The topological polar surface area (TPSA) is 138 Å². The van der Waals surface area contributed by atoms with Gasteiger partial charge in [0.1, 0.15) is 16.9 Å². The Labute approximate surface area is 217 Å². The summed E-state index contributed by atoms with van der Waals surface area (Å²) < 4.78 is 10.7. The average Bonchev–Trinajstić information content (AvgIpc) is 3.23. The van der Waals surface area contributed by atoms with Crippen LogP contribution in [0.1, 0.15) is 76.3 Å². The van der Waals surface area contributed by atoms with Crippen LogP contribution in [0.3, 0.4) is 0 Å². The first kappa shape index (κ1) is 27.9. The second-order valence-corrected chi connectivity index (χ2v) is 10.6. The Balaban J connectivity index is 2.09. The molecule has 0 aliphatic heterocycles. The Hall–Kier alpha value is -3.66. The van der Waals surface area contributed by atoms with Crippen LogP contribution in [0.5, 0.6) is 0 Å². The number of anilines is 1. The number of rotatable bonds is 8. The minimum absolute atomic E-state index is 0.0841. The van der Waals surface area contributed by atoms with E-state index < -0.39 is 29.2 Å². The summed E-state index contributed by atoms with van der Waals surface area (Å²) in [5.41, 5.74) is 2.85. The van der Waals surface area contributed by atoms with Gasteiger partial charge in [-0.15, -0.1) is 0 Å². The van der Waals surface area contributed by atoms with E-state index >= 15 is 0 Å². The van der Waals surface area contributed by atoms with E-state index in [0.29, 0.717) is 39.5 Å². The molecule has 0 radical (unpaired) electrons. The first-order valence-corrected chi connectivity index (χ1v) is 12.3. The van der Waals surface area contributed by atoms with Crippen LogP contribution >= 0.6 is 0 Å². The molecule has 0 spiro atoms. The number of nitrogens with zero attached hydrogens (tertiary/aromatic N) is 2. The number of amides is 1. The summed E-state index contributed by atoms with van der Waals surface area (Å²) >= 11 is 0. The molecule has 3 aromatic rings. The molecule has 1 atom stereocenters. The number of aromatic nitrogens is 3. The lowest BCUT2D eigenvalue weighted by Gasteiger charge is -2.25. The summed E-state index contributed by atoms with van der Waals surface area (Å²) in [6, 6.07) is 6.73. The van der Waals surface area contributed by atoms with E-state index in [4.69, 9.17) is 19.4 Å². The van der Waals surface area contributed by atoms with Crippen LogP contribution < -0.4 is 10.6 Å². The van der Waals surface area contributed by atoms with Gasteiger partial charge < -0.3 is 30.2 Å². The van der Waals surface area contributed by atoms with Gasteiger partial charge in [-0.2, -0.15) is 0 Å². The van der Waals surface area contributed by atoms with Crippen LogP contribution in [0, 0.1) is 6.92 Å². The molecule has 0 aliphatic rings. The number of aliphatic hydroxyl groups is 1. The predicted octanol–water partition coefficient (Wildman–Crippen LogP) is 4.88. The summed E-state index contributed by atoms with van der Waals surface area (Å²) in [5.74, 6) is 0.0448. The zero-order valence-corrected chi connectivity index (χ0v) is 22.8. The molecule has 0 aliphatic carbocycles. The number of H-pyrrole nitrogens is 1. The maximum absolute atomic E-state index is 12.8. The fourth-order valence-corrected chi connectivity index (χ4v) is 3.75. The zero-order valence-electron chi connectivity index (χ0n) is 22.8. The van der Waals surface area contributed by atoms with E-state index in [9.17, 15) is 14.7 Å². The van der Waals surface area contributed by atoms with Crippen LogP contribution in [-0.4, -0.2) is 56.5 Å². The number of hydrogen-bond acceptors (Lipinski definition) is 8. The van der Waals surface area contributed by atoms with Crippen molar-refractivity contribution in [3.63, 3.8) is 0 Å². The summed E-state index contributed by atoms with van der Waals surface area (Å²) in [4.78, 5) is 38.1. The number of ether oxygens (including phenoxy) is 2. The lowest BCUT2D eigenvalue weighted by Crippen LogP contribution is -2.35. The van der Waals surface area contributed by atoms with Gasteiger partial charge in [0.15, 0.2) is 0 Å². The first-order chi connectivity index (χ1) is 17.2. The maximum atomic E-state index is 12.8. The lowest BCUT2D eigenvalue weighted by atomic mass is 10.1. The highest BCUT2D eigenvalue weighted by Crippen LogP contribution is 2.32. The van der Waals surface area contributed by atoms with Crippen molar-refractivity contribution in [2.75, 3.05) is 18.5 Å². The quantitative estimate of drug-likeness (QED) is 0.314. The van der Waals surface area contributed by atoms with Gasteiger partial charge in [-0.1, -0.05) is 12.1 Å². The number of para-hydroxylation sites is 1. The third-order valence-electron chi connectivity index (χ3n) is 5.52. The third-order valence-corrected chi connectivity index (χ3v) is 5.52. The minimum atomic E-state index is -0.662. The molecule has 10 heteroatoms. The Morgan fingerprint density at radius 1 is 1.16 bits per heavy atom. The highest BCUT2D eigenvalue weighted by Gasteiger charge is 2.26. The van der Waals surface area contributed by atoms with E-state index in [-0.39, 0.29) is 13.2 Å². The van der Waals surface area contributed by atoms with Gasteiger partial charge >= 0.3 is 12.1 Å². The number of aromatic amines is 1. The third kappa shape index (κ3) is 6.76. The SMILES string of the molecule is CCOC(=O)c1cc(-c2cccc3nc(C)c(NC(C)(C)CO)nc23)[nH]c1C(C)NC(=O)OC(C)(C)C. The highest BCUT2D eigenvalue weighted by molar-refractivity contribution is 5.96. The van der Waals surface area contributed by atoms with Crippen LogP contribution in [-0.2, 0) is 9.47 Å². The number of aryl methyl sites for hydroxylation is 1. The van der Waals surface area contributed by atoms with E-state index in [1.54, 1.807) is 40.7 Å². The van der Waals surface area contributed by atoms with Crippen LogP contribution in [0.4, 0.5) is 10.6 Å². The number of fused-ring (bicyclic) bond motifs is 1. The molecular weight excluding hydrogens is 474 g/mol. The molecule has 200 valence electrons. The minimum Gasteiger partial charge on any atom is -0.462 e. The number of carbonyl (C=O) groups excluding carboxylic acids is 2. The molecule has 10 nitrogen and oxygen atoms in total. The Bertz CT molecular complexity index is 1290. The average molecular weight is 512 g/mol. The molecule has 2 aromatic heterocycles. The monoisotopic (exact) mass is 511 g/mol. The second kappa shape index (κ2) is 10.8. The summed E-state index contributed by atoms with van der Waals surface area (Å²) in [6.45, 7) is 14.5. The number of hydrogen-bond donors (Lipinski definition) is 4. The van der Waals surface area contributed by atoms with Crippen molar-refractivity contribution in [2.24, 2.45) is 0 Å². The smallest absolute Gasteiger partial charge is 0.408 e. The van der Waals surface area contributed by atoms with Gasteiger partial charge in [0.25, 0.3) is 0 Å². The van der Waals surface area contributed by atoms with Crippen molar-refractivity contribution >= 4 is 28.9 Å². The number of alkyl carbamates (subject to hydrolysis) is 1. The zero-order chi connectivity index (χ0) is 27.5. The fourth-order valence-electron chi connectivity index (χ4n) is 3.75. The Kier molecular flexibility index (Phi) is 8.12. The molecule has 0 saturated carbocycles. The number of esters is 1. The first-order valence-electron chi connectivity index (χ1n) is 12.3. The standard InChI is InChI=1S/C27H37N5O5/c1-9-36-24(34)18-13-20(30-21(18)15(2)29-25(35)37-26(4,5)6)17-11-10-12-19-22(17)31-23(16(3)28-19)32-27(7,8)14-33/h10-13,15,30,33H,9,14H2,1-8H3,(H,29,35)(H,31,32). The van der Waals surface area contributed by atoms with Crippen molar-refractivity contribution in [2.45, 2.75) is 72.6 Å². The van der Waals surface area contributed by atoms with Crippen molar-refractivity contribution < 1.29 is 24.2 Å². The van der Waals surface area contributed by atoms with Crippen molar-refractivity contribution in [1.29, 1.82) is 0 Å². The number of aliphatic hydroxyl groups excluding tert-OH is 1. The molecule has 37 heavy (non-hydrogen) atoms. The predicted molar refractivity (Wildman–Crippen MR) is 143 cm³/mol. The van der Waals surface area contributed by atoms with Gasteiger partial charge in [0.05, 0.1) is 47.3 Å². The lowest BCUT2D eigenvalue weighted by molar-refractivity contribution is 0.0489. The maximum Gasteiger partial charge on any atom is 0.408 e. The normalized spacial score (nSPS) is 12.8. The molecule has 1 amide bonds. The summed E-state index contributed by atoms with van der Waals surface area (Å²) in [6.07, 6.45) is -0.598. The van der Waals surface area contributed by atoms with E-state index in [1.165, 1.54) is 0 Å². The van der Waals surface area contributed by atoms with Crippen molar-refractivity contribution in [3.05, 3.63) is 41.2 Å². The number of benzene rings is 1. The van der Waals surface area contributed by atoms with Crippen LogP contribution in [0.25, 0.3) is 22.3 Å². The van der Waals surface area contributed by atoms with E-state index in [2.05, 4.69) is 15.6 Å². The second-order valence-electron chi connectivity index (χ2n) is 10.6. The van der Waals surface area contributed by atoms with Gasteiger partial charge in [-0.25, -0.2) is 19.6 Å². The molecular formula is C27H37N5O5. The van der Waals surface area contributed by atoms with Crippen LogP contribution in [0.2, 0.25) is 0 Å². The van der Waals surface area contributed by atoms with Gasteiger partial charge in [0, 0.05) is 11.3 Å². The largest absolute Gasteiger partial charge is 0.462 e. The molecule has 1 aromatic carbocycles. The molecule has 1 unspecified atom stereocenters. The van der Waals surface area contributed by atoms with Crippen molar-refractivity contribution in [3.8, 4) is 11.3 Å². The molecule has 0 fully saturated rings. The van der Waals surface area contributed by atoms with Crippen molar-refractivity contribution in [1.82, 2.24) is 20.3 Å². The van der Waals surface area contributed by atoms with Gasteiger partial charge in [0.2, 0.25) is 0 Å². The number of nitrogens with one attached hydrogen (secondary N) is 3. The highest BCUT2D eigenvalue weighted by atomic mass is 16.6. The molecule has 0 saturated heterocycles. The Morgan fingerprint density at radius 3 is 2.49 bits per heavy atom. The van der Waals surface area contributed by atoms with Crippen LogP contribution in [0.15, 0.2) is 24.3 Å². The fraction of sp³-hybridized carbons (Fsp3) is 0.481. The molecule has 2 heterocycles. The van der Waals surface area contributed by atoms with Gasteiger partial charge in [-0.05, 0) is 67.5 Å². The molecule has 4 N–H and O–H groups in total. The number of carbonyl (C=O) groups is 2. The summed E-state index contributed by atoms with van der Waals surface area (Å²) in [7, 11) is 0. The molecule has 3 rings (SSSR count).